The molecule has 0 bridgehead atoms. The van der Waals surface area contributed by atoms with Gasteiger partial charge in [-0.25, -0.2) is 4.79 Å². The highest BCUT2D eigenvalue weighted by Crippen LogP contribution is 2.31. The topological polar surface area (TPSA) is 84.9 Å². The molecule has 0 aliphatic heterocycles. The van der Waals surface area contributed by atoms with Crippen LogP contribution in [0.1, 0.15) is 47.5 Å². The number of carbonyl (C=O) groups is 2. The zero-order valence-corrected chi connectivity index (χ0v) is 13.8. The summed E-state index contributed by atoms with van der Waals surface area (Å²) in [7, 11) is 0. The van der Waals surface area contributed by atoms with Crippen LogP contribution in [0, 0.1) is 5.92 Å². The zero-order chi connectivity index (χ0) is 16.5. The first-order chi connectivity index (χ1) is 9.79. The van der Waals surface area contributed by atoms with Gasteiger partial charge in [0.05, 0.1) is 0 Å². The molecule has 2 N–H and O–H groups in total. The minimum Gasteiger partial charge on any atom is -0.480 e. The molecule has 124 valence electrons. The fraction of sp³-hybridized carbons (Fsp3) is 0.867. The predicted molar refractivity (Wildman–Crippen MR) is 80.2 cm³/mol. The molecular formula is C15H29NO5. The van der Waals surface area contributed by atoms with Gasteiger partial charge >= 0.3 is 5.97 Å². The van der Waals surface area contributed by atoms with Crippen molar-refractivity contribution >= 4 is 12.3 Å². The monoisotopic (exact) mass is 303 g/mol. The lowest BCUT2D eigenvalue weighted by Crippen LogP contribution is -2.69. The first kappa shape index (κ1) is 20.0. The van der Waals surface area contributed by atoms with Crippen LogP contribution >= 0.6 is 0 Å². The van der Waals surface area contributed by atoms with Gasteiger partial charge in [-0.2, -0.15) is 0 Å². The first-order valence-electron chi connectivity index (χ1n) is 7.49. The zero-order valence-electron chi connectivity index (χ0n) is 13.8. The maximum atomic E-state index is 11.9. The summed E-state index contributed by atoms with van der Waals surface area (Å²) in [5, 5.41) is 12.7. The molecule has 0 aliphatic rings. The minimum absolute atomic E-state index is 0.225. The Kier molecular flexibility index (Phi) is 8.70. The lowest BCUT2D eigenvalue weighted by atomic mass is 9.85. The summed E-state index contributed by atoms with van der Waals surface area (Å²) in [5.74, 6) is -2.14. The van der Waals surface area contributed by atoms with Crippen molar-refractivity contribution in [2.45, 2.75) is 58.8 Å². The van der Waals surface area contributed by atoms with Gasteiger partial charge in [0.15, 0.2) is 11.3 Å². The van der Waals surface area contributed by atoms with Crippen molar-refractivity contribution in [3.63, 3.8) is 0 Å². The van der Waals surface area contributed by atoms with Gasteiger partial charge in [-0.15, -0.1) is 0 Å². The first-order valence-corrected chi connectivity index (χ1v) is 7.49. The third kappa shape index (κ3) is 5.05. The number of aliphatic carboxylic acids is 1. The van der Waals surface area contributed by atoms with Crippen LogP contribution in [-0.2, 0) is 19.1 Å². The van der Waals surface area contributed by atoms with Crippen LogP contribution in [0.5, 0.6) is 0 Å². The molecule has 0 aromatic heterocycles. The van der Waals surface area contributed by atoms with E-state index in [1.165, 1.54) is 0 Å². The van der Waals surface area contributed by atoms with Gasteiger partial charge < -0.3 is 19.4 Å². The van der Waals surface area contributed by atoms with Crippen LogP contribution in [0.25, 0.3) is 0 Å². The van der Waals surface area contributed by atoms with Gasteiger partial charge in [-0.05, 0) is 39.7 Å². The van der Waals surface area contributed by atoms with E-state index in [0.29, 0.717) is 18.7 Å². The molecule has 0 aromatic carbocycles. The van der Waals surface area contributed by atoms with Crippen LogP contribution < -0.4 is 5.32 Å². The van der Waals surface area contributed by atoms with E-state index in [2.05, 4.69) is 5.32 Å². The van der Waals surface area contributed by atoms with Gasteiger partial charge in [0, 0.05) is 19.6 Å². The fourth-order valence-electron chi connectivity index (χ4n) is 2.31. The van der Waals surface area contributed by atoms with E-state index in [0.717, 1.165) is 6.42 Å². The second-order valence-electron chi connectivity index (χ2n) is 5.50. The summed E-state index contributed by atoms with van der Waals surface area (Å²) in [6.45, 7) is 10.2. The van der Waals surface area contributed by atoms with E-state index in [9.17, 15) is 14.7 Å². The second kappa shape index (κ2) is 9.12. The third-order valence-electron chi connectivity index (χ3n) is 3.52. The van der Waals surface area contributed by atoms with Crippen molar-refractivity contribution in [2.24, 2.45) is 5.92 Å². The van der Waals surface area contributed by atoms with Gasteiger partial charge in [-0.1, -0.05) is 13.8 Å². The number of aldehydes is 1. The highest BCUT2D eigenvalue weighted by molar-refractivity contribution is 5.83. The molecule has 0 aliphatic carbocycles. The average molecular weight is 303 g/mol. The Balaban J connectivity index is 5.49. The third-order valence-corrected chi connectivity index (χ3v) is 3.52. The molecule has 0 amide bonds. The summed E-state index contributed by atoms with van der Waals surface area (Å²) in [5.41, 5.74) is -1.60. The van der Waals surface area contributed by atoms with Gasteiger partial charge in [-0.3, -0.25) is 5.32 Å². The molecule has 0 radical (unpaired) electrons. The molecule has 6 heteroatoms. The van der Waals surface area contributed by atoms with E-state index in [4.69, 9.17) is 9.47 Å². The summed E-state index contributed by atoms with van der Waals surface area (Å²) in [6, 6.07) is 0. The number of carboxylic acid groups (broad SMARTS) is 1. The number of hydrogen-bond acceptors (Lipinski definition) is 5. The van der Waals surface area contributed by atoms with E-state index >= 15 is 0 Å². The van der Waals surface area contributed by atoms with Gasteiger partial charge in [0.1, 0.15) is 6.29 Å². The van der Waals surface area contributed by atoms with Crippen molar-refractivity contribution in [1.29, 1.82) is 0 Å². The number of rotatable bonds is 12. The average Bonchev–Trinajstić information content (AvgIpc) is 2.37. The van der Waals surface area contributed by atoms with Crippen molar-refractivity contribution in [1.82, 2.24) is 5.32 Å². The molecule has 0 spiro atoms. The summed E-state index contributed by atoms with van der Waals surface area (Å²) >= 11 is 0. The van der Waals surface area contributed by atoms with Crippen LogP contribution in [0.3, 0.4) is 0 Å². The van der Waals surface area contributed by atoms with Gasteiger partial charge in [0.25, 0.3) is 0 Å². The number of nitrogens with one attached hydrogen (secondary N) is 1. The van der Waals surface area contributed by atoms with E-state index in [1.807, 2.05) is 13.8 Å². The number of carbonyl (C=O) groups excluding carboxylic acids is 1. The highest BCUT2D eigenvalue weighted by atomic mass is 16.7. The maximum absolute atomic E-state index is 11.9. The van der Waals surface area contributed by atoms with Crippen LogP contribution in [0.2, 0.25) is 0 Å². The molecule has 0 fully saturated rings. The Bertz CT molecular complexity index is 326. The Hall–Kier alpha value is -0.980. The number of hydrogen-bond donors (Lipinski definition) is 2. The largest absolute Gasteiger partial charge is 0.480 e. The Morgan fingerprint density at radius 1 is 1.29 bits per heavy atom. The van der Waals surface area contributed by atoms with Crippen molar-refractivity contribution in [3.05, 3.63) is 0 Å². The Morgan fingerprint density at radius 2 is 1.81 bits per heavy atom. The molecule has 0 saturated carbocycles. The SMILES string of the molecule is CCOC(C)(OCC)C(CC=O)(NCCC(C)C)C(=O)O. The predicted octanol–water partition coefficient (Wildman–Crippen LogP) is 1.82. The highest BCUT2D eigenvalue weighted by Gasteiger charge is 2.56. The molecule has 6 nitrogen and oxygen atoms in total. The number of carboxylic acids is 1. The molecule has 1 atom stereocenters. The Labute approximate surface area is 127 Å². The standard InChI is InChI=1S/C15H29NO5/c1-6-20-14(5,21-7-2)15(9-11-17,13(18)19)16-10-8-12(3)4/h11-12,16H,6-10H2,1-5H3,(H,18,19). The molecule has 0 rings (SSSR count). The van der Waals surface area contributed by atoms with Crippen LogP contribution in [0.15, 0.2) is 0 Å². The van der Waals surface area contributed by atoms with Crippen LogP contribution in [0.4, 0.5) is 0 Å². The fourth-order valence-corrected chi connectivity index (χ4v) is 2.31. The van der Waals surface area contributed by atoms with E-state index < -0.39 is 17.3 Å². The van der Waals surface area contributed by atoms with Crippen molar-refractivity contribution in [3.8, 4) is 0 Å². The molecular weight excluding hydrogens is 274 g/mol. The van der Waals surface area contributed by atoms with Crippen molar-refractivity contribution < 1.29 is 24.2 Å². The lowest BCUT2D eigenvalue weighted by molar-refractivity contribution is -0.265. The quantitative estimate of drug-likeness (QED) is 0.422. The summed E-state index contributed by atoms with van der Waals surface area (Å²) < 4.78 is 11.2. The van der Waals surface area contributed by atoms with E-state index in [-0.39, 0.29) is 19.6 Å². The second-order valence-corrected chi connectivity index (χ2v) is 5.50. The smallest absolute Gasteiger partial charge is 0.330 e. The summed E-state index contributed by atoms with van der Waals surface area (Å²) in [6.07, 6.45) is 1.16. The summed E-state index contributed by atoms with van der Waals surface area (Å²) in [4.78, 5) is 23.0. The lowest BCUT2D eigenvalue weighted by Gasteiger charge is -2.44. The molecule has 21 heavy (non-hydrogen) atoms. The molecule has 0 saturated heterocycles. The minimum atomic E-state index is -1.60. The molecule has 1 unspecified atom stereocenters. The molecule has 0 heterocycles. The Morgan fingerprint density at radius 3 is 2.14 bits per heavy atom. The van der Waals surface area contributed by atoms with Crippen molar-refractivity contribution in [2.75, 3.05) is 19.8 Å². The maximum Gasteiger partial charge on any atom is 0.330 e. The van der Waals surface area contributed by atoms with Crippen LogP contribution in [-0.4, -0.2) is 48.4 Å². The molecule has 0 aromatic rings. The van der Waals surface area contributed by atoms with Gasteiger partial charge in [0.2, 0.25) is 0 Å². The number of ether oxygens (including phenoxy) is 2. The van der Waals surface area contributed by atoms with E-state index in [1.54, 1.807) is 20.8 Å². The normalized spacial score (nSPS) is 15.0.